The number of carboxylic acid groups (broad SMARTS) is 1. The summed E-state index contributed by atoms with van der Waals surface area (Å²) in [7, 11) is 0. The third kappa shape index (κ3) is 2.16. The van der Waals surface area contributed by atoms with E-state index in [-0.39, 0.29) is 11.4 Å². The number of rotatable bonds is 3. The second kappa shape index (κ2) is 4.77. The number of aliphatic carboxylic acids is 1. The smallest absolute Gasteiger partial charge is 0.327 e. The summed E-state index contributed by atoms with van der Waals surface area (Å²) in [5.74, 6) is -0.421. The quantitative estimate of drug-likeness (QED) is 0.909. The van der Waals surface area contributed by atoms with E-state index in [2.05, 4.69) is 0 Å². The number of urea groups is 1. The molecule has 1 aromatic rings. The molecular weight excluding hydrogens is 264 g/mol. The van der Waals surface area contributed by atoms with Crippen LogP contribution in [0.25, 0.3) is 0 Å². The number of carboxylic acids is 1. The van der Waals surface area contributed by atoms with Gasteiger partial charge >= 0.3 is 12.0 Å². The van der Waals surface area contributed by atoms with Crippen molar-refractivity contribution in [1.29, 1.82) is 0 Å². The molecule has 3 rings (SSSR count). The molecule has 6 heteroatoms. The van der Waals surface area contributed by atoms with Crippen molar-refractivity contribution in [3.05, 3.63) is 35.9 Å². The van der Waals surface area contributed by atoms with Crippen molar-refractivity contribution in [3.63, 3.8) is 0 Å². The van der Waals surface area contributed by atoms with Crippen LogP contribution in [0.4, 0.5) is 4.79 Å². The second-order valence-electron chi connectivity index (χ2n) is 4.70. The van der Waals surface area contributed by atoms with Gasteiger partial charge in [-0.15, -0.1) is 11.8 Å². The van der Waals surface area contributed by atoms with Crippen LogP contribution in [-0.2, 0) is 11.3 Å². The van der Waals surface area contributed by atoms with Gasteiger partial charge in [0.1, 0.15) is 6.04 Å². The summed E-state index contributed by atoms with van der Waals surface area (Å²) in [4.78, 5) is 26.6. The van der Waals surface area contributed by atoms with Crippen LogP contribution in [0, 0.1) is 0 Å². The van der Waals surface area contributed by atoms with E-state index in [4.69, 9.17) is 5.11 Å². The van der Waals surface area contributed by atoms with Crippen LogP contribution in [0.2, 0.25) is 0 Å². The molecule has 2 aliphatic heterocycles. The van der Waals surface area contributed by atoms with Gasteiger partial charge < -0.3 is 10.0 Å². The van der Waals surface area contributed by atoms with Gasteiger partial charge in [0.2, 0.25) is 0 Å². The summed E-state index contributed by atoms with van der Waals surface area (Å²) in [6, 6.07) is 8.91. The van der Waals surface area contributed by atoms with Crippen LogP contribution in [0.5, 0.6) is 0 Å². The highest BCUT2D eigenvalue weighted by molar-refractivity contribution is 8.00. The first kappa shape index (κ1) is 12.3. The Kier molecular flexibility index (Phi) is 3.10. The van der Waals surface area contributed by atoms with E-state index in [9.17, 15) is 9.59 Å². The zero-order valence-electron chi connectivity index (χ0n) is 10.2. The lowest BCUT2D eigenvalue weighted by Gasteiger charge is -2.20. The monoisotopic (exact) mass is 278 g/mol. The van der Waals surface area contributed by atoms with Crippen molar-refractivity contribution in [2.45, 2.75) is 18.0 Å². The molecule has 0 bridgehead atoms. The number of nitrogens with zero attached hydrogens (tertiary/aromatic N) is 2. The van der Waals surface area contributed by atoms with Crippen molar-refractivity contribution in [1.82, 2.24) is 9.80 Å². The van der Waals surface area contributed by atoms with Crippen LogP contribution >= 0.6 is 11.8 Å². The number of hydrogen-bond donors (Lipinski definition) is 1. The molecule has 2 unspecified atom stereocenters. The summed E-state index contributed by atoms with van der Waals surface area (Å²) < 4.78 is 0. The van der Waals surface area contributed by atoms with Gasteiger partial charge in [-0.2, -0.15) is 0 Å². The fourth-order valence-corrected chi connectivity index (χ4v) is 3.91. The summed E-state index contributed by atoms with van der Waals surface area (Å²) in [5.41, 5.74) is 1.06. The van der Waals surface area contributed by atoms with E-state index in [1.165, 1.54) is 4.90 Å². The highest BCUT2D eigenvalue weighted by Gasteiger charge is 2.48. The van der Waals surface area contributed by atoms with Crippen LogP contribution in [0.15, 0.2) is 30.3 Å². The molecule has 0 aromatic heterocycles. The van der Waals surface area contributed by atoms with Gasteiger partial charge in [0.05, 0.1) is 11.9 Å². The van der Waals surface area contributed by atoms with Gasteiger partial charge in [0.15, 0.2) is 0 Å². The molecule has 2 fully saturated rings. The second-order valence-corrected chi connectivity index (χ2v) is 5.91. The largest absolute Gasteiger partial charge is 0.480 e. The molecule has 5 nitrogen and oxygen atoms in total. The van der Waals surface area contributed by atoms with E-state index in [1.54, 1.807) is 16.7 Å². The first-order valence-electron chi connectivity index (χ1n) is 6.12. The Morgan fingerprint density at radius 1 is 1.37 bits per heavy atom. The number of fused-ring (bicyclic) bond motifs is 1. The number of amides is 2. The van der Waals surface area contributed by atoms with Crippen LogP contribution < -0.4 is 0 Å². The number of carbonyl (C=O) groups is 2. The van der Waals surface area contributed by atoms with Gasteiger partial charge in [-0.3, -0.25) is 4.90 Å². The molecule has 2 amide bonds. The zero-order chi connectivity index (χ0) is 13.4. The summed E-state index contributed by atoms with van der Waals surface area (Å²) in [6.45, 7) is 1.14. The molecule has 1 N–H and O–H groups in total. The predicted octanol–water partition coefficient (Wildman–Crippen LogP) is 1.45. The maximum Gasteiger partial charge on any atom is 0.327 e. The first-order valence-corrected chi connectivity index (χ1v) is 7.17. The zero-order valence-corrected chi connectivity index (χ0v) is 11.0. The molecule has 19 heavy (non-hydrogen) atoms. The van der Waals surface area contributed by atoms with Gasteiger partial charge in [-0.25, -0.2) is 9.59 Å². The van der Waals surface area contributed by atoms with Gasteiger partial charge in [0, 0.05) is 12.3 Å². The lowest BCUT2D eigenvalue weighted by atomic mass is 10.2. The number of benzene rings is 1. The van der Waals surface area contributed by atoms with Crippen LogP contribution in [0.1, 0.15) is 5.56 Å². The number of thioether (sulfide) groups is 1. The Morgan fingerprint density at radius 3 is 2.79 bits per heavy atom. The van der Waals surface area contributed by atoms with Crippen molar-refractivity contribution in [2.75, 3.05) is 12.3 Å². The van der Waals surface area contributed by atoms with E-state index < -0.39 is 12.0 Å². The molecule has 0 aliphatic carbocycles. The topological polar surface area (TPSA) is 60.9 Å². The molecule has 0 spiro atoms. The average molecular weight is 278 g/mol. The molecule has 2 atom stereocenters. The fourth-order valence-electron chi connectivity index (χ4n) is 2.52. The first-order chi connectivity index (χ1) is 9.16. The maximum atomic E-state index is 12.3. The van der Waals surface area contributed by atoms with E-state index in [1.807, 2.05) is 30.3 Å². The van der Waals surface area contributed by atoms with Gasteiger partial charge in [-0.05, 0) is 5.56 Å². The minimum Gasteiger partial charge on any atom is -0.480 e. The minimum atomic E-state index is -0.912. The molecule has 0 radical (unpaired) electrons. The van der Waals surface area contributed by atoms with Crippen LogP contribution in [0.3, 0.4) is 0 Å². The molecular formula is C13H14N2O3S. The minimum absolute atomic E-state index is 0.0164. The third-order valence-electron chi connectivity index (χ3n) is 3.46. The van der Waals surface area contributed by atoms with E-state index in [0.29, 0.717) is 18.8 Å². The van der Waals surface area contributed by atoms with Gasteiger partial charge in [-0.1, -0.05) is 30.3 Å². The Balaban J connectivity index is 1.74. The fraction of sp³-hybridized carbons (Fsp3) is 0.385. The van der Waals surface area contributed by atoms with E-state index in [0.717, 1.165) is 5.56 Å². The molecule has 2 heterocycles. The highest BCUT2D eigenvalue weighted by Crippen LogP contribution is 2.35. The predicted molar refractivity (Wildman–Crippen MR) is 71.8 cm³/mol. The summed E-state index contributed by atoms with van der Waals surface area (Å²) in [5, 5.41) is 9.11. The molecule has 0 saturated carbocycles. The summed E-state index contributed by atoms with van der Waals surface area (Å²) in [6.07, 6.45) is 0. The number of hydrogen-bond acceptors (Lipinski definition) is 3. The standard InChI is InChI=1S/C13H14N2O3S/c16-12(17)10-8-19-11-7-14(13(18)15(10)11)6-9-4-2-1-3-5-9/h1-5,10-11H,6-8H2,(H,16,17). The van der Waals surface area contributed by atoms with Crippen molar-refractivity contribution in [3.8, 4) is 0 Å². The average Bonchev–Trinajstić information content (AvgIpc) is 2.93. The Bertz CT molecular complexity index is 508. The van der Waals surface area contributed by atoms with E-state index >= 15 is 0 Å². The van der Waals surface area contributed by atoms with Crippen LogP contribution in [-0.4, -0.2) is 50.6 Å². The van der Waals surface area contributed by atoms with Crippen molar-refractivity contribution < 1.29 is 14.7 Å². The Labute approximate surface area is 115 Å². The van der Waals surface area contributed by atoms with Crippen molar-refractivity contribution >= 4 is 23.8 Å². The maximum absolute atomic E-state index is 12.3. The SMILES string of the molecule is O=C(O)C1CSC2CN(Cc3ccccc3)C(=O)N21. The lowest BCUT2D eigenvalue weighted by Crippen LogP contribution is -2.43. The Hall–Kier alpha value is -1.69. The Morgan fingerprint density at radius 2 is 2.11 bits per heavy atom. The molecule has 2 aliphatic rings. The molecule has 2 saturated heterocycles. The molecule has 100 valence electrons. The van der Waals surface area contributed by atoms with Gasteiger partial charge in [0.25, 0.3) is 0 Å². The normalized spacial score (nSPS) is 25.8. The number of carbonyl (C=O) groups excluding carboxylic acids is 1. The highest BCUT2D eigenvalue weighted by atomic mass is 32.2. The van der Waals surface area contributed by atoms with Crippen molar-refractivity contribution in [2.24, 2.45) is 0 Å². The third-order valence-corrected chi connectivity index (χ3v) is 4.73. The lowest BCUT2D eigenvalue weighted by molar-refractivity contribution is -0.140. The summed E-state index contributed by atoms with van der Waals surface area (Å²) >= 11 is 1.55. The molecule has 1 aromatic carbocycles.